The van der Waals surface area contributed by atoms with E-state index in [4.69, 9.17) is 5.73 Å². The second-order valence-electron chi connectivity index (χ2n) is 5.23. The number of benzene rings is 1. The molecule has 0 radical (unpaired) electrons. The zero-order chi connectivity index (χ0) is 15.5. The summed E-state index contributed by atoms with van der Waals surface area (Å²) < 4.78 is 0. The molecule has 0 spiro atoms. The monoisotopic (exact) mass is 288 g/mol. The summed E-state index contributed by atoms with van der Waals surface area (Å²) in [7, 11) is 0. The Morgan fingerprint density at radius 1 is 1.29 bits per heavy atom. The standard InChI is InChI=1S/C15H20N4O2/c1-3-15(16,4-2)10-18-13-5-6-14(19(20)21)11-7-8-17-9-12(11)13/h5-9,18H,3-4,10,16H2,1-2H3. The van der Waals surface area contributed by atoms with E-state index in [0.29, 0.717) is 11.9 Å². The number of fused-ring (bicyclic) bond motifs is 1. The van der Waals surface area contributed by atoms with E-state index in [1.165, 1.54) is 6.07 Å². The predicted molar refractivity (Wildman–Crippen MR) is 84.4 cm³/mol. The average molecular weight is 288 g/mol. The molecular weight excluding hydrogens is 268 g/mol. The third-order valence-corrected chi connectivity index (χ3v) is 4.03. The minimum absolute atomic E-state index is 0.0861. The highest BCUT2D eigenvalue weighted by Crippen LogP contribution is 2.31. The number of nitro benzene ring substituents is 1. The number of pyridine rings is 1. The van der Waals surface area contributed by atoms with Crippen LogP contribution in [0.5, 0.6) is 0 Å². The lowest BCUT2D eigenvalue weighted by molar-refractivity contribution is -0.383. The Kier molecular flexibility index (Phi) is 4.37. The largest absolute Gasteiger partial charge is 0.383 e. The first kappa shape index (κ1) is 15.2. The van der Waals surface area contributed by atoms with Gasteiger partial charge in [0.15, 0.2) is 0 Å². The molecule has 0 saturated carbocycles. The molecule has 112 valence electrons. The van der Waals surface area contributed by atoms with Crippen LogP contribution >= 0.6 is 0 Å². The number of nitrogens with one attached hydrogen (secondary N) is 1. The summed E-state index contributed by atoms with van der Waals surface area (Å²) in [5.74, 6) is 0. The van der Waals surface area contributed by atoms with Crippen molar-refractivity contribution in [1.29, 1.82) is 0 Å². The van der Waals surface area contributed by atoms with Crippen LogP contribution in [-0.4, -0.2) is 22.0 Å². The first-order valence-electron chi connectivity index (χ1n) is 7.04. The van der Waals surface area contributed by atoms with Crippen molar-refractivity contribution in [2.75, 3.05) is 11.9 Å². The van der Waals surface area contributed by atoms with E-state index in [-0.39, 0.29) is 16.1 Å². The number of rotatable bonds is 6. The molecule has 6 nitrogen and oxygen atoms in total. The molecular formula is C15H20N4O2. The molecule has 1 aromatic carbocycles. The minimum atomic E-state index is -0.378. The normalized spacial score (nSPS) is 11.6. The second kappa shape index (κ2) is 6.05. The molecule has 3 N–H and O–H groups in total. The highest BCUT2D eigenvalue weighted by atomic mass is 16.6. The smallest absolute Gasteiger partial charge is 0.277 e. The molecule has 1 aromatic heterocycles. The van der Waals surface area contributed by atoms with Crippen LogP contribution in [0.15, 0.2) is 30.6 Å². The molecule has 0 bridgehead atoms. The Morgan fingerprint density at radius 3 is 2.62 bits per heavy atom. The fourth-order valence-corrected chi connectivity index (χ4v) is 2.26. The van der Waals surface area contributed by atoms with Crippen molar-refractivity contribution < 1.29 is 4.92 Å². The van der Waals surface area contributed by atoms with Gasteiger partial charge in [0.05, 0.1) is 10.3 Å². The van der Waals surface area contributed by atoms with Gasteiger partial charge in [-0.1, -0.05) is 13.8 Å². The molecule has 0 aliphatic heterocycles. The van der Waals surface area contributed by atoms with E-state index >= 15 is 0 Å². The highest BCUT2D eigenvalue weighted by molar-refractivity contribution is 5.99. The first-order chi connectivity index (χ1) is 10.0. The summed E-state index contributed by atoms with van der Waals surface area (Å²) in [6, 6.07) is 4.89. The molecule has 0 amide bonds. The van der Waals surface area contributed by atoms with Crippen LogP contribution in [0.2, 0.25) is 0 Å². The molecule has 1 heterocycles. The number of nitrogens with zero attached hydrogens (tertiary/aromatic N) is 2. The van der Waals surface area contributed by atoms with Gasteiger partial charge in [0, 0.05) is 41.6 Å². The first-order valence-corrected chi connectivity index (χ1v) is 7.04. The van der Waals surface area contributed by atoms with Crippen LogP contribution in [0.3, 0.4) is 0 Å². The van der Waals surface area contributed by atoms with Gasteiger partial charge in [0.1, 0.15) is 0 Å². The average Bonchev–Trinajstić information content (AvgIpc) is 2.52. The van der Waals surface area contributed by atoms with E-state index in [9.17, 15) is 10.1 Å². The van der Waals surface area contributed by atoms with Crippen molar-refractivity contribution in [2.24, 2.45) is 5.73 Å². The predicted octanol–water partition coefficient (Wildman–Crippen LogP) is 3.07. The van der Waals surface area contributed by atoms with E-state index in [2.05, 4.69) is 24.1 Å². The molecule has 0 aliphatic carbocycles. The van der Waals surface area contributed by atoms with Crippen LogP contribution in [0.1, 0.15) is 26.7 Å². The van der Waals surface area contributed by atoms with E-state index in [1.807, 2.05) is 0 Å². The Bertz CT molecular complexity index is 653. The molecule has 0 unspecified atom stereocenters. The lowest BCUT2D eigenvalue weighted by atomic mass is 9.94. The summed E-state index contributed by atoms with van der Waals surface area (Å²) in [6.45, 7) is 4.73. The van der Waals surface area contributed by atoms with Gasteiger partial charge in [-0.3, -0.25) is 15.1 Å². The minimum Gasteiger partial charge on any atom is -0.383 e. The number of hydrogen-bond acceptors (Lipinski definition) is 5. The highest BCUT2D eigenvalue weighted by Gasteiger charge is 2.21. The quantitative estimate of drug-likeness (QED) is 0.629. The molecule has 0 atom stereocenters. The van der Waals surface area contributed by atoms with Crippen molar-refractivity contribution >= 4 is 22.1 Å². The van der Waals surface area contributed by atoms with Crippen LogP contribution in [0, 0.1) is 10.1 Å². The second-order valence-corrected chi connectivity index (χ2v) is 5.23. The van der Waals surface area contributed by atoms with E-state index < -0.39 is 0 Å². The van der Waals surface area contributed by atoms with E-state index in [1.54, 1.807) is 24.5 Å². The summed E-state index contributed by atoms with van der Waals surface area (Å²) in [5, 5.41) is 15.7. The third-order valence-electron chi connectivity index (χ3n) is 4.03. The van der Waals surface area contributed by atoms with Crippen molar-refractivity contribution in [3.63, 3.8) is 0 Å². The fraction of sp³-hybridized carbons (Fsp3) is 0.400. The molecule has 21 heavy (non-hydrogen) atoms. The number of non-ortho nitro benzene ring substituents is 1. The van der Waals surface area contributed by atoms with Crippen LogP contribution in [-0.2, 0) is 0 Å². The lowest BCUT2D eigenvalue weighted by Crippen LogP contribution is -2.45. The molecule has 2 aromatic rings. The zero-order valence-corrected chi connectivity index (χ0v) is 12.3. The molecule has 2 rings (SSSR count). The molecule has 0 fully saturated rings. The van der Waals surface area contributed by atoms with Gasteiger partial charge in [-0.2, -0.15) is 0 Å². The van der Waals surface area contributed by atoms with Gasteiger partial charge in [-0.25, -0.2) is 0 Å². The number of nitrogens with two attached hydrogens (primary N) is 1. The lowest BCUT2D eigenvalue weighted by Gasteiger charge is -2.27. The Labute approximate surface area is 123 Å². The van der Waals surface area contributed by atoms with Crippen LogP contribution in [0.25, 0.3) is 10.8 Å². The van der Waals surface area contributed by atoms with Crippen molar-refractivity contribution in [3.05, 3.63) is 40.7 Å². The number of aromatic nitrogens is 1. The van der Waals surface area contributed by atoms with Crippen molar-refractivity contribution in [3.8, 4) is 0 Å². The molecule has 0 saturated heterocycles. The number of hydrogen-bond donors (Lipinski definition) is 2. The topological polar surface area (TPSA) is 94.1 Å². The van der Waals surface area contributed by atoms with Crippen molar-refractivity contribution in [2.45, 2.75) is 32.2 Å². The fourth-order valence-electron chi connectivity index (χ4n) is 2.26. The van der Waals surface area contributed by atoms with E-state index in [0.717, 1.165) is 23.9 Å². The SMILES string of the molecule is CCC(N)(CC)CNc1ccc([N+](=O)[O-])c2ccncc12. The molecule has 0 aliphatic rings. The van der Waals surface area contributed by atoms with Gasteiger partial charge < -0.3 is 11.1 Å². The third kappa shape index (κ3) is 3.11. The summed E-state index contributed by atoms with van der Waals surface area (Å²) >= 11 is 0. The summed E-state index contributed by atoms with van der Waals surface area (Å²) in [4.78, 5) is 14.8. The summed E-state index contributed by atoms with van der Waals surface area (Å²) in [6.07, 6.45) is 4.92. The maximum atomic E-state index is 11.1. The van der Waals surface area contributed by atoms with Crippen molar-refractivity contribution in [1.82, 2.24) is 4.98 Å². The Hall–Kier alpha value is -2.21. The van der Waals surface area contributed by atoms with Crippen LogP contribution in [0.4, 0.5) is 11.4 Å². The maximum Gasteiger partial charge on any atom is 0.277 e. The number of nitro groups is 1. The van der Waals surface area contributed by atoms with Gasteiger partial charge in [0.25, 0.3) is 5.69 Å². The number of anilines is 1. The van der Waals surface area contributed by atoms with Gasteiger partial charge in [-0.05, 0) is 25.0 Å². The summed E-state index contributed by atoms with van der Waals surface area (Å²) in [5.41, 5.74) is 6.90. The Morgan fingerprint density at radius 2 is 2.00 bits per heavy atom. The van der Waals surface area contributed by atoms with Gasteiger partial charge in [-0.15, -0.1) is 0 Å². The van der Waals surface area contributed by atoms with Crippen LogP contribution < -0.4 is 11.1 Å². The van der Waals surface area contributed by atoms with Gasteiger partial charge >= 0.3 is 0 Å². The zero-order valence-electron chi connectivity index (χ0n) is 12.3. The maximum absolute atomic E-state index is 11.1. The Balaban J connectivity index is 2.38. The van der Waals surface area contributed by atoms with Gasteiger partial charge in [0.2, 0.25) is 0 Å². The molecule has 6 heteroatoms.